The summed E-state index contributed by atoms with van der Waals surface area (Å²) in [7, 11) is 0. The summed E-state index contributed by atoms with van der Waals surface area (Å²) in [6.45, 7) is 2.78. The number of rotatable bonds is 7. The SMILES string of the molecule is CCCC[C@@H](N)c1cccc(OCc2ccccc2)c1. The second-order valence-corrected chi connectivity index (χ2v) is 5.10. The summed E-state index contributed by atoms with van der Waals surface area (Å²) in [6.07, 6.45) is 3.37. The Hall–Kier alpha value is -1.80. The molecule has 0 fully saturated rings. The van der Waals surface area contributed by atoms with Crippen LogP contribution >= 0.6 is 0 Å². The third-order valence-electron chi connectivity index (χ3n) is 3.40. The zero-order valence-corrected chi connectivity index (χ0v) is 12.1. The van der Waals surface area contributed by atoms with Crippen molar-refractivity contribution in [2.24, 2.45) is 5.73 Å². The molecular weight excluding hydrogens is 246 g/mol. The van der Waals surface area contributed by atoms with Crippen LogP contribution < -0.4 is 10.5 Å². The summed E-state index contributed by atoms with van der Waals surface area (Å²) in [5, 5.41) is 0. The van der Waals surface area contributed by atoms with Crippen LogP contribution in [0.3, 0.4) is 0 Å². The predicted molar refractivity (Wildman–Crippen MR) is 83.7 cm³/mol. The molecule has 0 aliphatic heterocycles. The highest BCUT2D eigenvalue weighted by Gasteiger charge is 2.06. The Bertz CT molecular complexity index is 510. The molecular formula is C18H23NO. The van der Waals surface area contributed by atoms with Gasteiger partial charge in [-0.3, -0.25) is 0 Å². The molecule has 2 nitrogen and oxygen atoms in total. The highest BCUT2D eigenvalue weighted by molar-refractivity contribution is 5.30. The highest BCUT2D eigenvalue weighted by Crippen LogP contribution is 2.22. The highest BCUT2D eigenvalue weighted by atomic mass is 16.5. The van der Waals surface area contributed by atoms with Gasteiger partial charge in [0.25, 0.3) is 0 Å². The predicted octanol–water partition coefficient (Wildman–Crippen LogP) is 4.46. The first-order chi connectivity index (χ1) is 9.79. The molecule has 0 radical (unpaired) electrons. The van der Waals surface area contributed by atoms with Crippen LogP contribution in [0.2, 0.25) is 0 Å². The van der Waals surface area contributed by atoms with Crippen molar-refractivity contribution in [2.75, 3.05) is 0 Å². The fourth-order valence-corrected chi connectivity index (χ4v) is 2.17. The molecule has 0 aromatic heterocycles. The number of hydrogen-bond acceptors (Lipinski definition) is 2. The molecule has 2 rings (SSSR count). The summed E-state index contributed by atoms with van der Waals surface area (Å²) < 4.78 is 5.83. The number of nitrogens with two attached hydrogens (primary N) is 1. The molecule has 2 aromatic carbocycles. The van der Waals surface area contributed by atoms with Gasteiger partial charge in [0, 0.05) is 6.04 Å². The summed E-state index contributed by atoms with van der Waals surface area (Å²) in [6, 6.07) is 18.4. The van der Waals surface area contributed by atoms with Crippen molar-refractivity contribution in [2.45, 2.75) is 38.8 Å². The summed E-state index contributed by atoms with van der Waals surface area (Å²) >= 11 is 0. The quantitative estimate of drug-likeness (QED) is 0.805. The van der Waals surface area contributed by atoms with Crippen LogP contribution in [0.15, 0.2) is 54.6 Å². The Balaban J connectivity index is 1.95. The largest absolute Gasteiger partial charge is 0.489 e. The molecule has 2 N–H and O–H groups in total. The van der Waals surface area contributed by atoms with Gasteiger partial charge in [0.15, 0.2) is 0 Å². The minimum absolute atomic E-state index is 0.107. The summed E-state index contributed by atoms with van der Waals surface area (Å²) in [5.41, 5.74) is 8.53. The van der Waals surface area contributed by atoms with Gasteiger partial charge in [0.05, 0.1) is 0 Å². The molecule has 0 amide bonds. The van der Waals surface area contributed by atoms with Crippen molar-refractivity contribution in [3.63, 3.8) is 0 Å². The maximum absolute atomic E-state index is 6.20. The van der Waals surface area contributed by atoms with Crippen LogP contribution in [-0.2, 0) is 6.61 Å². The molecule has 0 bridgehead atoms. The zero-order valence-electron chi connectivity index (χ0n) is 12.1. The van der Waals surface area contributed by atoms with E-state index in [2.05, 4.69) is 31.2 Å². The zero-order chi connectivity index (χ0) is 14.2. The monoisotopic (exact) mass is 269 g/mol. The first kappa shape index (κ1) is 14.6. The van der Waals surface area contributed by atoms with Gasteiger partial charge in [-0.2, -0.15) is 0 Å². The minimum Gasteiger partial charge on any atom is -0.489 e. The van der Waals surface area contributed by atoms with Crippen LogP contribution in [0.1, 0.15) is 43.4 Å². The van der Waals surface area contributed by atoms with E-state index in [9.17, 15) is 0 Å². The Labute approximate surface area is 121 Å². The Morgan fingerprint density at radius 1 is 1.05 bits per heavy atom. The second-order valence-electron chi connectivity index (χ2n) is 5.10. The van der Waals surface area contributed by atoms with Gasteiger partial charge in [0.1, 0.15) is 12.4 Å². The smallest absolute Gasteiger partial charge is 0.120 e. The van der Waals surface area contributed by atoms with Crippen molar-refractivity contribution in [3.05, 3.63) is 65.7 Å². The van der Waals surface area contributed by atoms with Gasteiger partial charge in [-0.1, -0.05) is 62.2 Å². The van der Waals surface area contributed by atoms with Crippen LogP contribution in [0.5, 0.6) is 5.75 Å². The van der Waals surface area contributed by atoms with E-state index in [-0.39, 0.29) is 6.04 Å². The third kappa shape index (κ3) is 4.39. The number of hydrogen-bond donors (Lipinski definition) is 1. The van der Waals surface area contributed by atoms with E-state index in [1.165, 1.54) is 12.0 Å². The van der Waals surface area contributed by atoms with Gasteiger partial charge >= 0.3 is 0 Å². The molecule has 0 saturated carbocycles. The lowest BCUT2D eigenvalue weighted by Gasteiger charge is -2.13. The van der Waals surface area contributed by atoms with Crippen molar-refractivity contribution in [1.82, 2.24) is 0 Å². The molecule has 2 heteroatoms. The van der Waals surface area contributed by atoms with Crippen LogP contribution in [-0.4, -0.2) is 0 Å². The van der Waals surface area contributed by atoms with E-state index >= 15 is 0 Å². The normalized spacial score (nSPS) is 12.1. The Morgan fingerprint density at radius 3 is 2.60 bits per heavy atom. The first-order valence-corrected chi connectivity index (χ1v) is 7.32. The lowest BCUT2D eigenvalue weighted by molar-refractivity contribution is 0.305. The van der Waals surface area contributed by atoms with E-state index in [4.69, 9.17) is 10.5 Å². The van der Waals surface area contributed by atoms with E-state index in [0.717, 1.165) is 24.2 Å². The van der Waals surface area contributed by atoms with Crippen molar-refractivity contribution >= 4 is 0 Å². The van der Waals surface area contributed by atoms with Gasteiger partial charge in [-0.15, -0.1) is 0 Å². The molecule has 0 unspecified atom stereocenters. The number of benzene rings is 2. The van der Waals surface area contributed by atoms with Crippen molar-refractivity contribution < 1.29 is 4.74 Å². The van der Waals surface area contributed by atoms with Crippen LogP contribution in [0.4, 0.5) is 0 Å². The molecule has 0 heterocycles. The number of ether oxygens (including phenoxy) is 1. The topological polar surface area (TPSA) is 35.2 Å². The Morgan fingerprint density at radius 2 is 1.85 bits per heavy atom. The lowest BCUT2D eigenvalue weighted by atomic mass is 10.0. The maximum atomic E-state index is 6.20. The second kappa shape index (κ2) is 7.71. The molecule has 0 spiro atoms. The van der Waals surface area contributed by atoms with E-state index in [0.29, 0.717) is 6.61 Å². The molecule has 106 valence electrons. The van der Waals surface area contributed by atoms with Gasteiger partial charge < -0.3 is 10.5 Å². The lowest BCUT2D eigenvalue weighted by Crippen LogP contribution is -2.10. The molecule has 0 aliphatic carbocycles. The van der Waals surface area contributed by atoms with Crippen LogP contribution in [0.25, 0.3) is 0 Å². The molecule has 0 saturated heterocycles. The number of unbranched alkanes of at least 4 members (excludes halogenated alkanes) is 1. The van der Waals surface area contributed by atoms with E-state index in [1.807, 2.05) is 30.3 Å². The van der Waals surface area contributed by atoms with Gasteiger partial charge in [0.2, 0.25) is 0 Å². The van der Waals surface area contributed by atoms with Gasteiger partial charge in [-0.05, 0) is 29.7 Å². The minimum atomic E-state index is 0.107. The van der Waals surface area contributed by atoms with E-state index < -0.39 is 0 Å². The average Bonchev–Trinajstić information content (AvgIpc) is 2.52. The standard InChI is InChI=1S/C18H23NO/c1-2-3-12-18(19)16-10-7-11-17(13-16)20-14-15-8-5-4-6-9-15/h4-11,13,18H,2-3,12,14,19H2,1H3/t18-/m1/s1. The Kier molecular flexibility index (Phi) is 5.63. The van der Waals surface area contributed by atoms with Crippen molar-refractivity contribution in [1.29, 1.82) is 0 Å². The first-order valence-electron chi connectivity index (χ1n) is 7.32. The van der Waals surface area contributed by atoms with Crippen molar-refractivity contribution in [3.8, 4) is 5.75 Å². The van der Waals surface area contributed by atoms with Gasteiger partial charge in [-0.25, -0.2) is 0 Å². The van der Waals surface area contributed by atoms with E-state index in [1.54, 1.807) is 0 Å². The average molecular weight is 269 g/mol. The fraction of sp³-hybridized carbons (Fsp3) is 0.333. The summed E-state index contributed by atoms with van der Waals surface area (Å²) in [5.74, 6) is 0.887. The maximum Gasteiger partial charge on any atom is 0.120 e. The molecule has 1 atom stereocenters. The summed E-state index contributed by atoms with van der Waals surface area (Å²) in [4.78, 5) is 0. The third-order valence-corrected chi connectivity index (χ3v) is 3.40. The molecule has 0 aliphatic rings. The van der Waals surface area contributed by atoms with Crippen LogP contribution in [0, 0.1) is 0 Å². The fourth-order valence-electron chi connectivity index (χ4n) is 2.17. The molecule has 2 aromatic rings. The molecule has 20 heavy (non-hydrogen) atoms.